The van der Waals surface area contributed by atoms with Crippen molar-refractivity contribution in [2.45, 2.75) is 76.0 Å². The van der Waals surface area contributed by atoms with Crippen LogP contribution in [-0.2, 0) is 0 Å². The molecule has 0 radical (unpaired) electrons. The van der Waals surface area contributed by atoms with Crippen molar-refractivity contribution in [1.29, 1.82) is 0 Å². The molecule has 0 amide bonds. The molecule has 120 valence electrons. The zero-order chi connectivity index (χ0) is 15.3. The monoisotopic (exact) mass is 371 g/mol. The minimum absolute atomic E-state index is 0.898. The van der Waals surface area contributed by atoms with Crippen LogP contribution >= 0.6 is 27.7 Å². The Balaban J connectivity index is 1.94. The van der Waals surface area contributed by atoms with E-state index in [1.54, 1.807) is 0 Å². The number of nitrogens with two attached hydrogens (primary N) is 1. The molecule has 1 nitrogen and oxygen atoms in total. The van der Waals surface area contributed by atoms with Crippen LogP contribution in [0.4, 0.5) is 5.69 Å². The van der Waals surface area contributed by atoms with E-state index in [2.05, 4.69) is 28.9 Å². The largest absolute Gasteiger partial charge is 0.398 e. The summed E-state index contributed by atoms with van der Waals surface area (Å²) in [5.41, 5.74) is 6.88. The van der Waals surface area contributed by atoms with Crippen LogP contribution < -0.4 is 5.73 Å². The number of anilines is 1. The highest BCUT2D eigenvalue weighted by Crippen LogP contribution is 2.29. The standard InChI is InChI=1S/C18H30BrNS/c1-2-3-4-5-6-7-8-9-10-11-14-21-18-15-16(19)12-13-17(18)20/h12-13,15H,2-11,14,20H2,1H3. The van der Waals surface area contributed by atoms with Crippen LogP contribution in [0.15, 0.2) is 27.6 Å². The normalized spacial score (nSPS) is 11.0. The number of hydrogen-bond acceptors (Lipinski definition) is 2. The number of thioether (sulfide) groups is 1. The van der Waals surface area contributed by atoms with Crippen LogP contribution in [0.5, 0.6) is 0 Å². The van der Waals surface area contributed by atoms with Gasteiger partial charge in [0, 0.05) is 15.1 Å². The molecule has 0 atom stereocenters. The van der Waals surface area contributed by atoms with Gasteiger partial charge in [0.05, 0.1) is 0 Å². The number of unbranched alkanes of at least 4 members (excludes halogenated alkanes) is 9. The average molecular weight is 372 g/mol. The molecule has 0 aromatic heterocycles. The maximum absolute atomic E-state index is 5.98. The Morgan fingerprint density at radius 1 is 0.905 bits per heavy atom. The van der Waals surface area contributed by atoms with E-state index in [4.69, 9.17) is 5.73 Å². The lowest BCUT2D eigenvalue weighted by Gasteiger charge is -2.06. The minimum Gasteiger partial charge on any atom is -0.398 e. The Kier molecular flexibility index (Phi) is 11.2. The maximum Gasteiger partial charge on any atom is 0.0453 e. The van der Waals surface area contributed by atoms with Gasteiger partial charge in [0.25, 0.3) is 0 Å². The van der Waals surface area contributed by atoms with Gasteiger partial charge in [0.1, 0.15) is 0 Å². The second kappa shape index (κ2) is 12.4. The third-order valence-corrected chi connectivity index (χ3v) is 5.38. The number of benzene rings is 1. The molecule has 0 bridgehead atoms. The molecule has 21 heavy (non-hydrogen) atoms. The second-order valence-corrected chi connectivity index (χ2v) is 7.77. The second-order valence-electron chi connectivity index (χ2n) is 5.71. The van der Waals surface area contributed by atoms with Gasteiger partial charge in [0.2, 0.25) is 0 Å². The van der Waals surface area contributed by atoms with Crippen molar-refractivity contribution in [3.63, 3.8) is 0 Å². The predicted octanol–water partition coefficient (Wildman–Crippen LogP) is 7.04. The summed E-state index contributed by atoms with van der Waals surface area (Å²) in [5, 5.41) is 0. The quantitative estimate of drug-likeness (QED) is 0.242. The number of halogens is 1. The lowest BCUT2D eigenvalue weighted by Crippen LogP contribution is -1.89. The Labute approximate surface area is 143 Å². The van der Waals surface area contributed by atoms with Gasteiger partial charge in [-0.3, -0.25) is 0 Å². The van der Waals surface area contributed by atoms with E-state index in [9.17, 15) is 0 Å². The van der Waals surface area contributed by atoms with Gasteiger partial charge >= 0.3 is 0 Å². The Morgan fingerprint density at radius 3 is 2.10 bits per heavy atom. The van der Waals surface area contributed by atoms with E-state index in [0.29, 0.717) is 0 Å². The molecule has 0 fully saturated rings. The first kappa shape index (κ1) is 18.9. The highest BCUT2D eigenvalue weighted by atomic mass is 79.9. The Bertz CT molecular complexity index is 381. The molecule has 0 saturated heterocycles. The highest BCUT2D eigenvalue weighted by molar-refractivity contribution is 9.10. The molecular formula is C18H30BrNS. The lowest BCUT2D eigenvalue weighted by atomic mass is 10.1. The topological polar surface area (TPSA) is 26.0 Å². The first-order chi connectivity index (χ1) is 10.2. The average Bonchev–Trinajstić information content (AvgIpc) is 2.48. The Morgan fingerprint density at radius 2 is 1.48 bits per heavy atom. The summed E-state index contributed by atoms with van der Waals surface area (Å²) in [6.07, 6.45) is 13.9. The van der Waals surface area contributed by atoms with E-state index in [-0.39, 0.29) is 0 Å². The van der Waals surface area contributed by atoms with Crippen molar-refractivity contribution in [3.8, 4) is 0 Å². The van der Waals surface area contributed by atoms with Crippen molar-refractivity contribution < 1.29 is 0 Å². The van der Waals surface area contributed by atoms with E-state index in [1.807, 2.05) is 23.9 Å². The van der Waals surface area contributed by atoms with Crippen LogP contribution in [0, 0.1) is 0 Å². The van der Waals surface area contributed by atoms with Crippen LogP contribution in [0.3, 0.4) is 0 Å². The zero-order valence-corrected chi connectivity index (χ0v) is 15.8. The van der Waals surface area contributed by atoms with Gasteiger partial charge in [-0.15, -0.1) is 11.8 Å². The molecule has 0 heterocycles. The van der Waals surface area contributed by atoms with Crippen molar-refractivity contribution in [1.82, 2.24) is 0 Å². The number of nitrogen functional groups attached to an aromatic ring is 1. The minimum atomic E-state index is 0.898. The SMILES string of the molecule is CCCCCCCCCCCCSc1cc(Br)ccc1N. The van der Waals surface area contributed by atoms with Crippen molar-refractivity contribution in [2.75, 3.05) is 11.5 Å². The molecule has 3 heteroatoms. The molecule has 1 aromatic carbocycles. The van der Waals surface area contributed by atoms with Crippen LogP contribution in [0.2, 0.25) is 0 Å². The summed E-state index contributed by atoms with van der Waals surface area (Å²) >= 11 is 5.38. The van der Waals surface area contributed by atoms with Crippen molar-refractivity contribution in [2.24, 2.45) is 0 Å². The van der Waals surface area contributed by atoms with Gasteiger partial charge < -0.3 is 5.73 Å². The predicted molar refractivity (Wildman–Crippen MR) is 101 cm³/mol. The number of hydrogen-bond donors (Lipinski definition) is 1. The molecule has 0 aliphatic carbocycles. The van der Waals surface area contributed by atoms with Gasteiger partial charge in [0.15, 0.2) is 0 Å². The van der Waals surface area contributed by atoms with Crippen LogP contribution in [0.25, 0.3) is 0 Å². The third kappa shape index (κ3) is 9.46. The molecule has 1 aromatic rings. The molecular weight excluding hydrogens is 342 g/mol. The summed E-state index contributed by atoms with van der Waals surface area (Å²) in [6, 6.07) is 6.10. The summed E-state index contributed by atoms with van der Waals surface area (Å²) < 4.78 is 1.11. The molecule has 2 N–H and O–H groups in total. The summed E-state index contributed by atoms with van der Waals surface area (Å²) in [4.78, 5) is 1.21. The molecule has 0 saturated carbocycles. The Hall–Kier alpha value is -0.150. The molecule has 0 aliphatic rings. The fraction of sp³-hybridized carbons (Fsp3) is 0.667. The van der Waals surface area contributed by atoms with Crippen LogP contribution in [-0.4, -0.2) is 5.75 Å². The van der Waals surface area contributed by atoms with E-state index >= 15 is 0 Å². The van der Waals surface area contributed by atoms with Gasteiger partial charge in [-0.1, -0.05) is 80.6 Å². The van der Waals surface area contributed by atoms with Gasteiger partial charge in [-0.25, -0.2) is 0 Å². The maximum atomic E-state index is 5.98. The fourth-order valence-electron chi connectivity index (χ4n) is 2.40. The fourth-order valence-corrected chi connectivity index (χ4v) is 3.93. The molecule has 0 unspecified atom stereocenters. The van der Waals surface area contributed by atoms with E-state index in [1.165, 1.54) is 74.9 Å². The summed E-state index contributed by atoms with van der Waals surface area (Å²) in [5.74, 6) is 1.18. The van der Waals surface area contributed by atoms with Crippen LogP contribution in [0.1, 0.15) is 71.1 Å². The van der Waals surface area contributed by atoms with Crippen molar-refractivity contribution in [3.05, 3.63) is 22.7 Å². The van der Waals surface area contributed by atoms with E-state index in [0.717, 1.165) is 10.2 Å². The molecule has 1 rings (SSSR count). The lowest BCUT2D eigenvalue weighted by molar-refractivity contribution is 0.563. The summed E-state index contributed by atoms with van der Waals surface area (Å²) in [7, 11) is 0. The number of rotatable bonds is 12. The highest BCUT2D eigenvalue weighted by Gasteiger charge is 2.01. The van der Waals surface area contributed by atoms with Crippen molar-refractivity contribution >= 4 is 33.4 Å². The van der Waals surface area contributed by atoms with Gasteiger partial charge in [-0.2, -0.15) is 0 Å². The molecule has 0 spiro atoms. The third-order valence-electron chi connectivity index (χ3n) is 3.73. The van der Waals surface area contributed by atoms with E-state index < -0.39 is 0 Å². The smallest absolute Gasteiger partial charge is 0.0453 e. The zero-order valence-electron chi connectivity index (χ0n) is 13.4. The molecule has 0 aliphatic heterocycles. The first-order valence-corrected chi connectivity index (χ1v) is 10.2. The van der Waals surface area contributed by atoms with Gasteiger partial charge in [-0.05, 0) is 30.4 Å². The first-order valence-electron chi connectivity index (χ1n) is 8.42. The summed E-state index contributed by atoms with van der Waals surface area (Å²) in [6.45, 7) is 2.28.